The molecular formula is C22H18ClN3OS2. The number of aryl methyl sites for hydroxylation is 2. The SMILES string of the molecule is Cc1ccc(-c2csc3ncnc(SCC(=O)Nc4ccc(Cl)cc4)c23)cc1C. The first-order chi connectivity index (χ1) is 14.0. The molecule has 0 fully saturated rings. The van der Waals surface area contributed by atoms with Crippen LogP contribution in [-0.2, 0) is 4.79 Å². The summed E-state index contributed by atoms with van der Waals surface area (Å²) in [4.78, 5) is 22.2. The number of aromatic nitrogens is 2. The van der Waals surface area contributed by atoms with Crippen molar-refractivity contribution < 1.29 is 4.79 Å². The fraction of sp³-hybridized carbons (Fsp3) is 0.136. The molecule has 0 bridgehead atoms. The largest absolute Gasteiger partial charge is 0.325 e. The van der Waals surface area contributed by atoms with Crippen LogP contribution in [0.2, 0.25) is 5.02 Å². The van der Waals surface area contributed by atoms with Crippen molar-refractivity contribution in [2.45, 2.75) is 18.9 Å². The standard InChI is InChI=1S/C22H18ClN3OS2/c1-13-3-4-15(9-14(13)2)18-10-28-21-20(18)22(25-12-24-21)29-11-19(27)26-17-7-5-16(23)6-8-17/h3-10,12H,11H2,1-2H3,(H,26,27). The molecule has 1 amide bonds. The highest BCUT2D eigenvalue weighted by Crippen LogP contribution is 2.38. The third kappa shape index (κ3) is 4.45. The van der Waals surface area contributed by atoms with Crippen LogP contribution in [0, 0.1) is 13.8 Å². The van der Waals surface area contributed by atoms with Gasteiger partial charge in [0, 0.05) is 21.7 Å². The molecule has 0 radical (unpaired) electrons. The first kappa shape index (κ1) is 19.9. The van der Waals surface area contributed by atoms with Crippen molar-refractivity contribution in [1.29, 1.82) is 0 Å². The van der Waals surface area contributed by atoms with Gasteiger partial charge in [0.1, 0.15) is 16.2 Å². The summed E-state index contributed by atoms with van der Waals surface area (Å²) in [6.07, 6.45) is 1.56. The van der Waals surface area contributed by atoms with E-state index in [-0.39, 0.29) is 11.7 Å². The van der Waals surface area contributed by atoms with Gasteiger partial charge in [0.15, 0.2) is 0 Å². The van der Waals surface area contributed by atoms with Gasteiger partial charge < -0.3 is 5.32 Å². The molecule has 0 spiro atoms. The van der Waals surface area contributed by atoms with Crippen LogP contribution < -0.4 is 5.32 Å². The van der Waals surface area contributed by atoms with E-state index in [1.165, 1.54) is 22.9 Å². The Morgan fingerprint density at radius 2 is 1.90 bits per heavy atom. The van der Waals surface area contributed by atoms with Gasteiger partial charge in [-0.15, -0.1) is 11.3 Å². The molecule has 146 valence electrons. The molecule has 7 heteroatoms. The maximum atomic E-state index is 12.4. The zero-order valence-electron chi connectivity index (χ0n) is 15.9. The van der Waals surface area contributed by atoms with Crippen molar-refractivity contribution in [3.63, 3.8) is 0 Å². The minimum absolute atomic E-state index is 0.0907. The quantitative estimate of drug-likeness (QED) is 0.290. The van der Waals surface area contributed by atoms with E-state index in [9.17, 15) is 4.79 Å². The summed E-state index contributed by atoms with van der Waals surface area (Å²) in [5, 5.41) is 7.45. The van der Waals surface area contributed by atoms with Crippen LogP contribution >= 0.6 is 34.7 Å². The number of thioether (sulfide) groups is 1. The van der Waals surface area contributed by atoms with E-state index >= 15 is 0 Å². The molecule has 0 saturated carbocycles. The van der Waals surface area contributed by atoms with Crippen LogP contribution in [0.4, 0.5) is 5.69 Å². The monoisotopic (exact) mass is 439 g/mol. The minimum Gasteiger partial charge on any atom is -0.325 e. The molecule has 4 rings (SSSR count). The maximum Gasteiger partial charge on any atom is 0.234 e. The Labute approximate surface area is 182 Å². The van der Waals surface area contributed by atoms with E-state index in [1.54, 1.807) is 41.9 Å². The van der Waals surface area contributed by atoms with Crippen molar-refractivity contribution in [3.8, 4) is 11.1 Å². The highest BCUT2D eigenvalue weighted by atomic mass is 35.5. The van der Waals surface area contributed by atoms with Crippen LogP contribution in [0.15, 0.2) is 59.2 Å². The second kappa shape index (κ2) is 8.53. The number of carbonyl (C=O) groups is 1. The lowest BCUT2D eigenvalue weighted by Gasteiger charge is -2.08. The van der Waals surface area contributed by atoms with Gasteiger partial charge in [-0.2, -0.15) is 0 Å². The summed E-state index contributed by atoms with van der Waals surface area (Å²) in [6.45, 7) is 4.22. The van der Waals surface area contributed by atoms with E-state index in [4.69, 9.17) is 11.6 Å². The van der Waals surface area contributed by atoms with Gasteiger partial charge in [0.05, 0.1) is 11.1 Å². The third-order valence-corrected chi connectivity index (χ3v) is 6.75. The van der Waals surface area contributed by atoms with Gasteiger partial charge in [-0.3, -0.25) is 4.79 Å². The Bertz CT molecular complexity index is 1190. The maximum absolute atomic E-state index is 12.4. The molecule has 2 aromatic heterocycles. The summed E-state index contributed by atoms with van der Waals surface area (Å²) in [6, 6.07) is 13.5. The number of halogens is 1. The molecule has 1 N–H and O–H groups in total. The Balaban J connectivity index is 1.57. The van der Waals surface area contributed by atoms with Gasteiger partial charge >= 0.3 is 0 Å². The molecular weight excluding hydrogens is 422 g/mol. The second-order valence-corrected chi connectivity index (χ2v) is 8.91. The van der Waals surface area contributed by atoms with Crippen LogP contribution in [-0.4, -0.2) is 21.6 Å². The predicted octanol–water partition coefficient (Wildman–Crippen LogP) is 6.36. The molecule has 4 aromatic rings. The zero-order chi connectivity index (χ0) is 20.4. The van der Waals surface area contributed by atoms with Crippen molar-refractivity contribution in [2.75, 3.05) is 11.1 Å². The van der Waals surface area contributed by atoms with E-state index in [0.717, 1.165) is 32.1 Å². The molecule has 2 heterocycles. The normalized spacial score (nSPS) is 11.0. The number of hydrogen-bond donors (Lipinski definition) is 1. The summed E-state index contributed by atoms with van der Waals surface area (Å²) < 4.78 is 0. The van der Waals surface area contributed by atoms with E-state index in [0.29, 0.717) is 5.02 Å². The molecule has 0 aliphatic heterocycles. The first-order valence-corrected chi connectivity index (χ1v) is 11.2. The fourth-order valence-corrected chi connectivity index (χ4v) is 4.86. The highest BCUT2D eigenvalue weighted by Gasteiger charge is 2.15. The first-order valence-electron chi connectivity index (χ1n) is 8.99. The van der Waals surface area contributed by atoms with Gasteiger partial charge in [-0.05, 0) is 54.8 Å². The van der Waals surface area contributed by atoms with Gasteiger partial charge in [0.25, 0.3) is 0 Å². The molecule has 0 unspecified atom stereocenters. The number of carbonyl (C=O) groups excluding carboxylic acids is 1. The Morgan fingerprint density at radius 1 is 1.10 bits per heavy atom. The number of hydrogen-bond acceptors (Lipinski definition) is 5. The zero-order valence-corrected chi connectivity index (χ0v) is 18.3. The van der Waals surface area contributed by atoms with Crippen LogP contribution in [0.3, 0.4) is 0 Å². The number of fused-ring (bicyclic) bond motifs is 1. The summed E-state index contributed by atoms with van der Waals surface area (Å²) in [5.41, 5.74) is 5.48. The number of nitrogens with one attached hydrogen (secondary N) is 1. The highest BCUT2D eigenvalue weighted by molar-refractivity contribution is 8.00. The molecule has 0 saturated heterocycles. The van der Waals surface area contributed by atoms with Crippen molar-refractivity contribution >= 4 is 56.5 Å². The molecule has 4 nitrogen and oxygen atoms in total. The Kier molecular flexibility index (Phi) is 5.85. The van der Waals surface area contributed by atoms with Gasteiger partial charge in [-0.1, -0.05) is 41.6 Å². The summed E-state index contributed by atoms with van der Waals surface area (Å²) >= 11 is 8.90. The van der Waals surface area contributed by atoms with Crippen molar-refractivity contribution in [3.05, 3.63) is 70.3 Å². The molecule has 29 heavy (non-hydrogen) atoms. The van der Waals surface area contributed by atoms with Crippen molar-refractivity contribution in [1.82, 2.24) is 9.97 Å². The van der Waals surface area contributed by atoms with E-state index in [1.807, 2.05) is 0 Å². The molecule has 2 aromatic carbocycles. The number of amides is 1. The van der Waals surface area contributed by atoms with Crippen LogP contribution in [0.1, 0.15) is 11.1 Å². The number of benzene rings is 2. The minimum atomic E-state index is -0.0907. The number of nitrogens with zero attached hydrogens (tertiary/aromatic N) is 2. The second-order valence-electron chi connectivity index (χ2n) is 6.65. The van der Waals surface area contributed by atoms with Crippen molar-refractivity contribution in [2.24, 2.45) is 0 Å². The average molecular weight is 440 g/mol. The smallest absolute Gasteiger partial charge is 0.234 e. The lowest BCUT2D eigenvalue weighted by atomic mass is 10.0. The van der Waals surface area contributed by atoms with E-state index in [2.05, 4.69) is 52.7 Å². The fourth-order valence-electron chi connectivity index (χ4n) is 2.94. The number of thiophene rings is 1. The number of rotatable bonds is 5. The van der Waals surface area contributed by atoms with E-state index < -0.39 is 0 Å². The average Bonchev–Trinajstić information content (AvgIpc) is 3.15. The number of anilines is 1. The van der Waals surface area contributed by atoms with Crippen LogP contribution in [0.5, 0.6) is 0 Å². The Hall–Kier alpha value is -2.41. The topological polar surface area (TPSA) is 54.9 Å². The van der Waals surface area contributed by atoms with Gasteiger partial charge in [0.2, 0.25) is 5.91 Å². The van der Waals surface area contributed by atoms with Gasteiger partial charge in [-0.25, -0.2) is 9.97 Å². The molecule has 0 aliphatic rings. The Morgan fingerprint density at radius 3 is 2.66 bits per heavy atom. The molecule has 0 aliphatic carbocycles. The molecule has 0 atom stereocenters. The van der Waals surface area contributed by atoms with Crippen LogP contribution in [0.25, 0.3) is 21.3 Å². The summed E-state index contributed by atoms with van der Waals surface area (Å²) in [5.74, 6) is 0.170. The predicted molar refractivity (Wildman–Crippen MR) is 123 cm³/mol. The summed E-state index contributed by atoms with van der Waals surface area (Å²) in [7, 11) is 0. The lowest BCUT2D eigenvalue weighted by molar-refractivity contribution is -0.113. The third-order valence-electron chi connectivity index (χ3n) is 4.62. The lowest BCUT2D eigenvalue weighted by Crippen LogP contribution is -2.14.